The zero-order chi connectivity index (χ0) is 13.4. The average Bonchev–Trinajstić information content (AvgIpc) is 2.97. The van der Waals surface area contributed by atoms with Gasteiger partial charge >= 0.3 is 6.09 Å². The van der Waals surface area contributed by atoms with Crippen LogP contribution in [-0.2, 0) is 16.1 Å². The summed E-state index contributed by atoms with van der Waals surface area (Å²) in [6, 6.07) is 3.81. The Kier molecular flexibility index (Phi) is 3.18. The Labute approximate surface area is 115 Å². The van der Waals surface area contributed by atoms with E-state index in [4.69, 9.17) is 4.74 Å². The summed E-state index contributed by atoms with van der Waals surface area (Å²) in [5.74, 6) is -0.0957. The standard InChI is InChI=1S/C13H16N2O3S/c1-8-2-5-10(19-8)6-15-11(7-18-13(15)17)12(16)14-9-3-4-9/h2,5,9,11H,3-4,6-7H2,1H3,(H,14,16)/t11-/m0/s1. The van der Waals surface area contributed by atoms with Gasteiger partial charge in [0.05, 0.1) is 6.54 Å². The zero-order valence-electron chi connectivity index (χ0n) is 10.7. The SMILES string of the molecule is Cc1ccc(CN2C(=O)OC[C@H]2C(=O)NC2CC2)s1. The second-order valence-corrected chi connectivity index (χ2v) is 6.39. The number of carbonyl (C=O) groups excluding carboxylic acids is 2. The van der Waals surface area contributed by atoms with Gasteiger partial charge in [0, 0.05) is 15.8 Å². The molecule has 1 aliphatic heterocycles. The van der Waals surface area contributed by atoms with Gasteiger partial charge in [0.25, 0.3) is 0 Å². The van der Waals surface area contributed by atoms with Gasteiger partial charge in [0.2, 0.25) is 5.91 Å². The van der Waals surface area contributed by atoms with E-state index in [0.717, 1.165) is 17.7 Å². The fourth-order valence-electron chi connectivity index (χ4n) is 2.11. The first-order valence-corrected chi connectivity index (χ1v) is 7.24. The fraction of sp³-hybridized carbons (Fsp3) is 0.538. The summed E-state index contributed by atoms with van der Waals surface area (Å²) in [5.41, 5.74) is 0. The molecular formula is C13H16N2O3S. The third kappa shape index (κ3) is 2.73. The lowest BCUT2D eigenvalue weighted by molar-refractivity contribution is -0.125. The molecule has 1 aromatic rings. The number of ether oxygens (including phenoxy) is 1. The van der Waals surface area contributed by atoms with Crippen LogP contribution in [-0.4, -0.2) is 35.6 Å². The molecule has 0 unspecified atom stereocenters. The van der Waals surface area contributed by atoms with Crippen molar-refractivity contribution in [2.75, 3.05) is 6.61 Å². The van der Waals surface area contributed by atoms with Gasteiger partial charge in [-0.25, -0.2) is 4.79 Å². The van der Waals surface area contributed by atoms with Crippen molar-refractivity contribution >= 4 is 23.3 Å². The molecule has 0 aromatic carbocycles. The molecule has 1 saturated heterocycles. The van der Waals surface area contributed by atoms with E-state index in [0.29, 0.717) is 12.6 Å². The van der Waals surface area contributed by atoms with Crippen molar-refractivity contribution in [1.29, 1.82) is 0 Å². The number of nitrogens with one attached hydrogen (secondary N) is 1. The minimum atomic E-state index is -0.490. The molecule has 1 N–H and O–H groups in total. The predicted molar refractivity (Wildman–Crippen MR) is 70.9 cm³/mol. The average molecular weight is 280 g/mol. The van der Waals surface area contributed by atoms with Gasteiger partial charge in [-0.1, -0.05) is 0 Å². The van der Waals surface area contributed by atoms with Crippen LogP contribution in [0.3, 0.4) is 0 Å². The molecule has 2 fully saturated rings. The summed E-state index contributed by atoms with van der Waals surface area (Å²) >= 11 is 1.64. The van der Waals surface area contributed by atoms with Crippen LogP contribution in [0.15, 0.2) is 12.1 Å². The second kappa shape index (κ2) is 4.85. The summed E-state index contributed by atoms with van der Waals surface area (Å²) < 4.78 is 5.01. The Morgan fingerprint density at radius 1 is 1.53 bits per heavy atom. The molecule has 2 aliphatic rings. The maximum Gasteiger partial charge on any atom is 0.410 e. The van der Waals surface area contributed by atoms with Crippen LogP contribution in [0.5, 0.6) is 0 Å². The maximum atomic E-state index is 12.1. The first-order valence-electron chi connectivity index (χ1n) is 6.42. The molecule has 1 aliphatic carbocycles. The molecule has 1 aromatic heterocycles. The number of carbonyl (C=O) groups is 2. The highest BCUT2D eigenvalue weighted by atomic mass is 32.1. The van der Waals surface area contributed by atoms with Crippen LogP contribution in [0.1, 0.15) is 22.6 Å². The predicted octanol–water partition coefficient (Wildman–Crippen LogP) is 1.66. The van der Waals surface area contributed by atoms with Crippen LogP contribution in [0.4, 0.5) is 4.79 Å². The Morgan fingerprint density at radius 3 is 2.95 bits per heavy atom. The summed E-state index contributed by atoms with van der Waals surface area (Å²) in [6.07, 6.45) is 1.68. The van der Waals surface area contributed by atoms with Crippen LogP contribution in [0.25, 0.3) is 0 Å². The van der Waals surface area contributed by atoms with E-state index < -0.39 is 12.1 Å². The topological polar surface area (TPSA) is 58.6 Å². The number of hydrogen-bond acceptors (Lipinski definition) is 4. The van der Waals surface area contributed by atoms with Gasteiger partial charge < -0.3 is 10.1 Å². The van der Waals surface area contributed by atoms with Crippen molar-refractivity contribution in [3.63, 3.8) is 0 Å². The first-order chi connectivity index (χ1) is 9.13. The minimum absolute atomic E-state index is 0.0957. The highest BCUT2D eigenvalue weighted by Crippen LogP contribution is 2.23. The highest BCUT2D eigenvalue weighted by molar-refractivity contribution is 7.11. The van der Waals surface area contributed by atoms with Crippen LogP contribution in [0, 0.1) is 6.92 Å². The second-order valence-electron chi connectivity index (χ2n) is 5.02. The van der Waals surface area contributed by atoms with Crippen molar-refractivity contribution in [2.24, 2.45) is 0 Å². The number of hydrogen-bond donors (Lipinski definition) is 1. The third-order valence-corrected chi connectivity index (χ3v) is 4.31. The molecule has 5 nitrogen and oxygen atoms in total. The van der Waals surface area contributed by atoms with E-state index >= 15 is 0 Å². The van der Waals surface area contributed by atoms with Gasteiger partial charge in [-0.15, -0.1) is 11.3 Å². The summed E-state index contributed by atoms with van der Waals surface area (Å²) in [7, 11) is 0. The first kappa shape index (κ1) is 12.5. The summed E-state index contributed by atoms with van der Waals surface area (Å²) in [4.78, 5) is 27.6. The Bertz CT molecular complexity index is 510. The maximum absolute atomic E-state index is 12.1. The van der Waals surface area contributed by atoms with Crippen molar-refractivity contribution in [2.45, 2.75) is 38.4 Å². The van der Waals surface area contributed by atoms with Crippen molar-refractivity contribution in [3.05, 3.63) is 21.9 Å². The molecular weight excluding hydrogens is 264 g/mol. The van der Waals surface area contributed by atoms with Gasteiger partial charge in [0.15, 0.2) is 0 Å². The molecule has 0 bridgehead atoms. The van der Waals surface area contributed by atoms with Gasteiger partial charge in [-0.05, 0) is 31.9 Å². The minimum Gasteiger partial charge on any atom is -0.447 e. The van der Waals surface area contributed by atoms with Crippen molar-refractivity contribution in [3.8, 4) is 0 Å². The molecule has 2 heterocycles. The van der Waals surface area contributed by atoms with Crippen molar-refractivity contribution < 1.29 is 14.3 Å². The molecule has 0 spiro atoms. The lowest BCUT2D eigenvalue weighted by atomic mass is 10.2. The van der Waals surface area contributed by atoms with E-state index in [1.165, 1.54) is 9.78 Å². The van der Waals surface area contributed by atoms with E-state index in [1.807, 2.05) is 19.1 Å². The molecule has 1 saturated carbocycles. The van der Waals surface area contributed by atoms with Crippen LogP contribution >= 0.6 is 11.3 Å². The summed E-state index contributed by atoms with van der Waals surface area (Å²) in [6.45, 7) is 2.62. The molecule has 0 radical (unpaired) electrons. The lowest BCUT2D eigenvalue weighted by Gasteiger charge is -2.19. The van der Waals surface area contributed by atoms with Crippen LogP contribution < -0.4 is 5.32 Å². The number of amides is 2. The van der Waals surface area contributed by atoms with Gasteiger partial charge in [0.1, 0.15) is 12.6 Å². The fourth-order valence-corrected chi connectivity index (χ4v) is 2.99. The quantitative estimate of drug-likeness (QED) is 0.912. The Hall–Kier alpha value is -1.56. The Balaban J connectivity index is 1.68. The molecule has 6 heteroatoms. The Morgan fingerprint density at radius 2 is 2.32 bits per heavy atom. The number of cyclic esters (lactones) is 1. The van der Waals surface area contributed by atoms with E-state index in [2.05, 4.69) is 5.32 Å². The van der Waals surface area contributed by atoms with Gasteiger partial charge in [-0.3, -0.25) is 9.69 Å². The number of aryl methyl sites for hydroxylation is 1. The monoisotopic (exact) mass is 280 g/mol. The van der Waals surface area contributed by atoms with E-state index in [-0.39, 0.29) is 12.5 Å². The van der Waals surface area contributed by atoms with Crippen molar-refractivity contribution in [1.82, 2.24) is 10.2 Å². The number of thiophene rings is 1. The lowest BCUT2D eigenvalue weighted by Crippen LogP contribution is -2.45. The van der Waals surface area contributed by atoms with Gasteiger partial charge in [-0.2, -0.15) is 0 Å². The molecule has 19 heavy (non-hydrogen) atoms. The largest absolute Gasteiger partial charge is 0.447 e. The van der Waals surface area contributed by atoms with E-state index in [1.54, 1.807) is 11.3 Å². The molecule has 1 atom stereocenters. The third-order valence-electron chi connectivity index (χ3n) is 3.32. The molecule has 3 rings (SSSR count). The highest BCUT2D eigenvalue weighted by Gasteiger charge is 2.39. The van der Waals surface area contributed by atoms with E-state index in [9.17, 15) is 9.59 Å². The smallest absolute Gasteiger partial charge is 0.410 e. The van der Waals surface area contributed by atoms with Crippen LogP contribution in [0.2, 0.25) is 0 Å². The number of nitrogens with zero attached hydrogens (tertiary/aromatic N) is 1. The number of rotatable bonds is 4. The zero-order valence-corrected chi connectivity index (χ0v) is 11.5. The normalized spacial score (nSPS) is 22.5. The molecule has 2 amide bonds. The summed E-state index contributed by atoms with van der Waals surface area (Å²) in [5, 5.41) is 2.93. The molecule has 102 valence electrons.